The molecule has 1 aliphatic carbocycles. The number of carbonyl (C=O) groups is 1. The standard InChI is InChI=1S/C20H32N2O3S/c1-20(2,3)16-10-12-18(13-11-16)26(24,25)21-15-14-19(23)22-17-8-6-4-5-7-9-17/h10-13,17,21H,4-9,14-15H2,1-3H3,(H,22,23). The van der Waals surface area contributed by atoms with Crippen molar-refractivity contribution in [2.45, 2.75) is 82.1 Å². The Kier molecular flexibility index (Phi) is 7.24. The molecule has 0 aliphatic heterocycles. The highest BCUT2D eigenvalue weighted by Gasteiger charge is 2.18. The Morgan fingerprint density at radius 1 is 1.04 bits per heavy atom. The summed E-state index contributed by atoms with van der Waals surface area (Å²) in [5.74, 6) is -0.0809. The molecule has 0 heterocycles. The van der Waals surface area contributed by atoms with Crippen LogP contribution >= 0.6 is 0 Å². The Bertz CT molecular complexity index is 683. The second-order valence-electron chi connectivity index (χ2n) is 8.18. The maximum absolute atomic E-state index is 12.4. The average Bonchev–Trinajstić information content (AvgIpc) is 2.82. The van der Waals surface area contributed by atoms with Crippen LogP contribution in [0.1, 0.15) is 71.3 Å². The van der Waals surface area contributed by atoms with E-state index in [0.29, 0.717) is 0 Å². The normalized spacial score (nSPS) is 16.9. The van der Waals surface area contributed by atoms with E-state index in [1.165, 1.54) is 12.8 Å². The molecule has 0 aromatic heterocycles. The lowest BCUT2D eigenvalue weighted by molar-refractivity contribution is -0.121. The van der Waals surface area contributed by atoms with Crippen LogP contribution in [0, 0.1) is 0 Å². The average molecular weight is 381 g/mol. The molecule has 2 rings (SSSR count). The molecule has 0 atom stereocenters. The largest absolute Gasteiger partial charge is 0.353 e. The first kappa shape index (κ1) is 20.9. The third kappa shape index (κ3) is 6.40. The van der Waals surface area contributed by atoms with E-state index in [0.717, 1.165) is 31.2 Å². The first-order chi connectivity index (χ1) is 12.2. The van der Waals surface area contributed by atoms with Gasteiger partial charge in [-0.25, -0.2) is 13.1 Å². The summed E-state index contributed by atoms with van der Waals surface area (Å²) >= 11 is 0. The topological polar surface area (TPSA) is 75.3 Å². The zero-order valence-electron chi connectivity index (χ0n) is 16.2. The summed E-state index contributed by atoms with van der Waals surface area (Å²) in [6.45, 7) is 6.37. The zero-order chi connectivity index (χ0) is 19.2. The van der Waals surface area contributed by atoms with Crippen LogP contribution in [0.4, 0.5) is 0 Å². The van der Waals surface area contributed by atoms with Crippen LogP contribution in [0.15, 0.2) is 29.2 Å². The van der Waals surface area contributed by atoms with E-state index in [1.54, 1.807) is 12.1 Å². The molecular weight excluding hydrogens is 348 g/mol. The van der Waals surface area contributed by atoms with Crippen molar-refractivity contribution >= 4 is 15.9 Å². The van der Waals surface area contributed by atoms with E-state index in [2.05, 4.69) is 30.8 Å². The zero-order valence-corrected chi connectivity index (χ0v) is 17.0. The van der Waals surface area contributed by atoms with Crippen LogP contribution in [0.2, 0.25) is 0 Å². The lowest BCUT2D eigenvalue weighted by Crippen LogP contribution is -2.36. The molecule has 1 aliphatic rings. The Morgan fingerprint density at radius 3 is 2.15 bits per heavy atom. The fourth-order valence-electron chi connectivity index (χ4n) is 3.24. The van der Waals surface area contributed by atoms with Crippen LogP contribution in [0.3, 0.4) is 0 Å². The van der Waals surface area contributed by atoms with Crippen molar-refractivity contribution in [2.75, 3.05) is 6.54 Å². The van der Waals surface area contributed by atoms with Crippen LogP contribution in [0.5, 0.6) is 0 Å². The SMILES string of the molecule is CC(C)(C)c1ccc(S(=O)(=O)NCCC(=O)NC2CCCCCC2)cc1. The lowest BCUT2D eigenvalue weighted by Gasteiger charge is -2.19. The Balaban J connectivity index is 1.82. The van der Waals surface area contributed by atoms with Crippen LogP contribution in [-0.4, -0.2) is 26.9 Å². The van der Waals surface area contributed by atoms with E-state index in [4.69, 9.17) is 0 Å². The van der Waals surface area contributed by atoms with Gasteiger partial charge in [0.25, 0.3) is 0 Å². The number of benzene rings is 1. The fraction of sp³-hybridized carbons (Fsp3) is 0.650. The molecule has 2 N–H and O–H groups in total. The maximum atomic E-state index is 12.4. The van der Waals surface area contributed by atoms with Crippen molar-refractivity contribution in [1.82, 2.24) is 10.0 Å². The summed E-state index contributed by atoms with van der Waals surface area (Å²) in [5.41, 5.74) is 1.06. The van der Waals surface area contributed by atoms with Crippen molar-refractivity contribution in [2.24, 2.45) is 0 Å². The summed E-state index contributed by atoms with van der Waals surface area (Å²) in [5, 5.41) is 3.04. The molecule has 5 nitrogen and oxygen atoms in total. The highest BCUT2D eigenvalue weighted by Crippen LogP contribution is 2.23. The molecule has 0 unspecified atom stereocenters. The lowest BCUT2D eigenvalue weighted by atomic mass is 9.87. The third-order valence-electron chi connectivity index (χ3n) is 4.90. The molecule has 0 spiro atoms. The molecule has 1 fully saturated rings. The van der Waals surface area contributed by atoms with E-state index < -0.39 is 10.0 Å². The van der Waals surface area contributed by atoms with Gasteiger partial charge >= 0.3 is 0 Å². The number of rotatable bonds is 6. The predicted molar refractivity (Wildman–Crippen MR) is 105 cm³/mol. The van der Waals surface area contributed by atoms with Crippen molar-refractivity contribution in [3.8, 4) is 0 Å². The molecule has 0 radical (unpaired) electrons. The van der Waals surface area contributed by atoms with Gasteiger partial charge in [-0.1, -0.05) is 58.6 Å². The van der Waals surface area contributed by atoms with Crippen molar-refractivity contribution in [3.63, 3.8) is 0 Å². The number of hydrogen-bond acceptors (Lipinski definition) is 3. The predicted octanol–water partition coefficient (Wildman–Crippen LogP) is 3.49. The molecule has 0 saturated heterocycles. The van der Waals surface area contributed by atoms with Gasteiger partial charge in [0.15, 0.2) is 0 Å². The van der Waals surface area contributed by atoms with Gasteiger partial charge in [0.2, 0.25) is 15.9 Å². The summed E-state index contributed by atoms with van der Waals surface area (Å²) in [7, 11) is -3.59. The van der Waals surface area contributed by atoms with E-state index in [1.807, 2.05) is 12.1 Å². The Morgan fingerprint density at radius 2 is 1.62 bits per heavy atom. The van der Waals surface area contributed by atoms with Gasteiger partial charge < -0.3 is 5.32 Å². The number of hydrogen-bond donors (Lipinski definition) is 2. The van der Waals surface area contributed by atoms with Gasteiger partial charge in [0.05, 0.1) is 4.90 Å². The van der Waals surface area contributed by atoms with Crippen molar-refractivity contribution < 1.29 is 13.2 Å². The fourth-order valence-corrected chi connectivity index (χ4v) is 4.27. The molecule has 0 bridgehead atoms. The van der Waals surface area contributed by atoms with E-state index >= 15 is 0 Å². The van der Waals surface area contributed by atoms with Crippen LogP contribution in [0.25, 0.3) is 0 Å². The molecule has 1 aromatic carbocycles. The van der Waals surface area contributed by atoms with E-state index in [9.17, 15) is 13.2 Å². The summed E-state index contributed by atoms with van der Waals surface area (Å²) < 4.78 is 27.3. The molecule has 1 aromatic rings. The van der Waals surface area contributed by atoms with Gasteiger partial charge in [0, 0.05) is 19.0 Å². The summed E-state index contributed by atoms with van der Waals surface area (Å²) in [6, 6.07) is 7.16. The Labute approximate surface area is 158 Å². The second-order valence-corrected chi connectivity index (χ2v) is 9.95. The minimum absolute atomic E-state index is 0.0220. The summed E-state index contributed by atoms with van der Waals surface area (Å²) in [4.78, 5) is 12.3. The molecule has 1 saturated carbocycles. The quantitative estimate of drug-likeness (QED) is 0.742. The van der Waals surface area contributed by atoms with Gasteiger partial charge in [-0.3, -0.25) is 4.79 Å². The maximum Gasteiger partial charge on any atom is 0.240 e. The summed E-state index contributed by atoms with van der Waals surface area (Å²) in [6.07, 6.45) is 7.00. The number of sulfonamides is 1. The minimum Gasteiger partial charge on any atom is -0.353 e. The number of amides is 1. The number of carbonyl (C=O) groups excluding carboxylic acids is 1. The van der Waals surface area contributed by atoms with Crippen LogP contribution < -0.4 is 10.0 Å². The number of nitrogens with one attached hydrogen (secondary N) is 2. The molecule has 146 valence electrons. The van der Waals surface area contributed by atoms with Gasteiger partial charge in [0.1, 0.15) is 0 Å². The molecule has 26 heavy (non-hydrogen) atoms. The van der Waals surface area contributed by atoms with Gasteiger partial charge in [-0.15, -0.1) is 0 Å². The van der Waals surface area contributed by atoms with Crippen LogP contribution in [-0.2, 0) is 20.2 Å². The first-order valence-corrected chi connectivity index (χ1v) is 11.1. The molecule has 1 amide bonds. The Hall–Kier alpha value is -1.40. The van der Waals surface area contributed by atoms with Gasteiger partial charge in [-0.05, 0) is 36.0 Å². The van der Waals surface area contributed by atoms with Crippen molar-refractivity contribution in [3.05, 3.63) is 29.8 Å². The first-order valence-electron chi connectivity index (χ1n) is 9.58. The molecular formula is C20H32N2O3S. The molecule has 6 heteroatoms. The van der Waals surface area contributed by atoms with Gasteiger partial charge in [-0.2, -0.15) is 0 Å². The van der Waals surface area contributed by atoms with Crippen molar-refractivity contribution in [1.29, 1.82) is 0 Å². The highest BCUT2D eigenvalue weighted by molar-refractivity contribution is 7.89. The van der Waals surface area contributed by atoms with E-state index in [-0.39, 0.29) is 35.2 Å². The third-order valence-corrected chi connectivity index (χ3v) is 6.37. The smallest absolute Gasteiger partial charge is 0.240 e. The monoisotopic (exact) mass is 380 g/mol. The highest BCUT2D eigenvalue weighted by atomic mass is 32.2. The second kappa shape index (κ2) is 9.00. The minimum atomic E-state index is -3.59.